The summed E-state index contributed by atoms with van der Waals surface area (Å²) >= 11 is 0. The van der Waals surface area contributed by atoms with E-state index >= 15 is 0 Å². The topological polar surface area (TPSA) is 81.7 Å². The number of benzene rings is 3. The van der Waals surface area contributed by atoms with Gasteiger partial charge in [0.1, 0.15) is 24.8 Å². The van der Waals surface area contributed by atoms with Crippen LogP contribution in [-0.2, 0) is 16.1 Å². The van der Waals surface area contributed by atoms with E-state index in [0.29, 0.717) is 12.4 Å². The lowest BCUT2D eigenvalue weighted by atomic mass is 9.87. The summed E-state index contributed by atoms with van der Waals surface area (Å²) in [5, 5.41) is 8.51. The Morgan fingerprint density at radius 1 is 0.946 bits per heavy atom. The number of rotatable bonds is 9. The van der Waals surface area contributed by atoms with Gasteiger partial charge in [-0.1, -0.05) is 54.6 Å². The van der Waals surface area contributed by atoms with Crippen molar-refractivity contribution in [3.63, 3.8) is 0 Å². The fourth-order valence-electron chi connectivity index (χ4n) is 4.62. The predicted octanol–water partition coefficient (Wildman–Crippen LogP) is 5.52. The quantitative estimate of drug-likeness (QED) is 0.296. The Balaban J connectivity index is 1.13. The van der Waals surface area contributed by atoms with Gasteiger partial charge >= 0.3 is 6.09 Å². The number of pyridine rings is 1. The molecule has 190 valence electrons. The SMILES string of the molecule is O=C(Nc1ccccn1)OCCOc1cccc(C2CCNCC2OCc2ccc3ccccc3c2)c1. The number of fused-ring (bicyclic) bond motifs is 1. The van der Waals surface area contributed by atoms with Gasteiger partial charge < -0.3 is 19.5 Å². The molecule has 0 saturated carbocycles. The Labute approximate surface area is 216 Å². The molecule has 3 aromatic carbocycles. The number of ether oxygens (including phenoxy) is 3. The second-order valence-corrected chi connectivity index (χ2v) is 9.03. The third-order valence-corrected chi connectivity index (χ3v) is 6.47. The summed E-state index contributed by atoms with van der Waals surface area (Å²) < 4.78 is 17.5. The summed E-state index contributed by atoms with van der Waals surface area (Å²) in [6.07, 6.45) is 2.10. The molecular weight excluding hydrogens is 466 g/mol. The molecule has 2 heterocycles. The zero-order chi connectivity index (χ0) is 25.3. The number of amides is 1. The highest BCUT2D eigenvalue weighted by Crippen LogP contribution is 2.31. The molecule has 1 amide bonds. The van der Waals surface area contributed by atoms with Crippen molar-refractivity contribution in [3.05, 3.63) is 102 Å². The molecule has 7 nitrogen and oxygen atoms in total. The second kappa shape index (κ2) is 12.3. The number of piperidine rings is 1. The van der Waals surface area contributed by atoms with Gasteiger partial charge in [-0.05, 0) is 65.2 Å². The molecule has 4 aromatic rings. The zero-order valence-corrected chi connectivity index (χ0v) is 20.6. The first-order chi connectivity index (χ1) is 18.2. The number of carbonyl (C=O) groups is 1. The van der Waals surface area contributed by atoms with E-state index in [1.165, 1.54) is 21.9 Å². The van der Waals surface area contributed by atoms with Crippen LogP contribution in [0.2, 0.25) is 0 Å². The van der Waals surface area contributed by atoms with Crippen molar-refractivity contribution in [2.75, 3.05) is 31.6 Å². The first-order valence-electron chi connectivity index (χ1n) is 12.6. The Kier molecular flexibility index (Phi) is 8.25. The lowest BCUT2D eigenvalue weighted by Crippen LogP contribution is -2.41. The Morgan fingerprint density at radius 2 is 1.84 bits per heavy atom. The number of carbonyl (C=O) groups excluding carboxylic acids is 1. The summed E-state index contributed by atoms with van der Waals surface area (Å²) in [4.78, 5) is 15.9. The highest BCUT2D eigenvalue weighted by Gasteiger charge is 2.27. The molecule has 1 saturated heterocycles. The van der Waals surface area contributed by atoms with E-state index < -0.39 is 6.09 Å². The normalized spacial score (nSPS) is 17.3. The number of nitrogens with one attached hydrogen (secondary N) is 2. The number of nitrogens with zero attached hydrogens (tertiary/aromatic N) is 1. The maximum atomic E-state index is 11.9. The van der Waals surface area contributed by atoms with Gasteiger partial charge in [-0.2, -0.15) is 0 Å². The van der Waals surface area contributed by atoms with Gasteiger partial charge in [0.15, 0.2) is 0 Å². The van der Waals surface area contributed by atoms with Crippen LogP contribution in [0.15, 0.2) is 91.1 Å². The average molecular weight is 498 g/mol. The number of aromatic nitrogens is 1. The van der Waals surface area contributed by atoms with Crippen LogP contribution in [0.1, 0.15) is 23.5 Å². The van der Waals surface area contributed by atoms with E-state index in [4.69, 9.17) is 14.2 Å². The Hall–Kier alpha value is -3.94. The van der Waals surface area contributed by atoms with Crippen LogP contribution in [0.4, 0.5) is 10.6 Å². The highest BCUT2D eigenvalue weighted by molar-refractivity contribution is 5.83. The summed E-state index contributed by atoms with van der Waals surface area (Å²) in [6, 6.07) is 28.3. The molecule has 5 rings (SSSR count). The molecule has 0 spiro atoms. The smallest absolute Gasteiger partial charge is 0.412 e. The minimum atomic E-state index is -0.558. The molecule has 0 radical (unpaired) electrons. The van der Waals surface area contributed by atoms with Gasteiger partial charge in [0.05, 0.1) is 12.7 Å². The summed E-state index contributed by atoms with van der Waals surface area (Å²) in [5.41, 5.74) is 2.36. The van der Waals surface area contributed by atoms with Crippen molar-refractivity contribution < 1.29 is 19.0 Å². The van der Waals surface area contributed by atoms with E-state index in [1.54, 1.807) is 24.4 Å². The lowest BCUT2D eigenvalue weighted by Gasteiger charge is -2.32. The fourth-order valence-corrected chi connectivity index (χ4v) is 4.62. The molecule has 1 aliphatic heterocycles. The van der Waals surface area contributed by atoms with E-state index in [1.807, 2.05) is 12.1 Å². The molecule has 7 heteroatoms. The van der Waals surface area contributed by atoms with Crippen LogP contribution >= 0.6 is 0 Å². The third-order valence-electron chi connectivity index (χ3n) is 6.47. The Bertz CT molecular complexity index is 1310. The van der Waals surface area contributed by atoms with Crippen LogP contribution in [0.3, 0.4) is 0 Å². The van der Waals surface area contributed by atoms with Crippen molar-refractivity contribution in [2.24, 2.45) is 0 Å². The average Bonchev–Trinajstić information content (AvgIpc) is 2.95. The van der Waals surface area contributed by atoms with E-state index in [-0.39, 0.29) is 25.2 Å². The third kappa shape index (κ3) is 6.84. The first kappa shape index (κ1) is 24.7. The second-order valence-electron chi connectivity index (χ2n) is 9.03. The van der Waals surface area contributed by atoms with Gasteiger partial charge in [0.2, 0.25) is 0 Å². The van der Waals surface area contributed by atoms with Crippen LogP contribution in [0.5, 0.6) is 5.75 Å². The molecule has 2 N–H and O–H groups in total. The minimum absolute atomic E-state index is 0.0640. The van der Waals surface area contributed by atoms with Crippen molar-refractivity contribution in [2.45, 2.75) is 25.0 Å². The largest absolute Gasteiger partial charge is 0.490 e. The molecule has 37 heavy (non-hydrogen) atoms. The monoisotopic (exact) mass is 497 g/mol. The molecule has 1 aromatic heterocycles. The number of anilines is 1. The Morgan fingerprint density at radius 3 is 2.73 bits per heavy atom. The minimum Gasteiger partial charge on any atom is -0.490 e. The van der Waals surface area contributed by atoms with Crippen LogP contribution in [-0.4, -0.2) is 43.5 Å². The van der Waals surface area contributed by atoms with Crippen molar-refractivity contribution >= 4 is 22.7 Å². The summed E-state index contributed by atoms with van der Waals surface area (Å²) in [7, 11) is 0. The molecule has 0 aliphatic carbocycles. The predicted molar refractivity (Wildman–Crippen MR) is 144 cm³/mol. The highest BCUT2D eigenvalue weighted by atomic mass is 16.6. The molecule has 2 unspecified atom stereocenters. The fraction of sp³-hybridized carbons (Fsp3) is 0.267. The van der Waals surface area contributed by atoms with Gasteiger partial charge in [0, 0.05) is 18.7 Å². The van der Waals surface area contributed by atoms with Crippen molar-refractivity contribution in [3.8, 4) is 5.75 Å². The van der Waals surface area contributed by atoms with E-state index in [9.17, 15) is 4.79 Å². The molecule has 1 fully saturated rings. The van der Waals surface area contributed by atoms with E-state index in [2.05, 4.69) is 70.2 Å². The zero-order valence-electron chi connectivity index (χ0n) is 20.6. The van der Waals surface area contributed by atoms with Gasteiger partial charge in [0.25, 0.3) is 0 Å². The van der Waals surface area contributed by atoms with Gasteiger partial charge in [-0.15, -0.1) is 0 Å². The molecular formula is C30H31N3O4. The van der Waals surface area contributed by atoms with Gasteiger partial charge in [-0.25, -0.2) is 9.78 Å². The summed E-state index contributed by atoms with van der Waals surface area (Å²) in [6.45, 7) is 2.72. The number of hydrogen-bond acceptors (Lipinski definition) is 6. The van der Waals surface area contributed by atoms with Crippen LogP contribution < -0.4 is 15.4 Å². The lowest BCUT2D eigenvalue weighted by molar-refractivity contribution is 0.0106. The van der Waals surface area contributed by atoms with Crippen molar-refractivity contribution in [1.82, 2.24) is 10.3 Å². The summed E-state index contributed by atoms with van der Waals surface area (Å²) in [5.74, 6) is 1.46. The number of hydrogen-bond donors (Lipinski definition) is 2. The maximum Gasteiger partial charge on any atom is 0.412 e. The molecule has 2 atom stereocenters. The van der Waals surface area contributed by atoms with E-state index in [0.717, 1.165) is 25.3 Å². The standard InChI is InChI=1S/C30H31N3O4/c34-30(33-29-10-3-4-14-32-29)36-17-16-35-26-9-5-8-25(19-26)27-13-15-31-20-28(27)37-21-22-11-12-23-6-1-2-7-24(23)18-22/h1-12,14,18-19,27-28,31H,13,15-17,20-21H2,(H,32,33,34). The maximum absolute atomic E-state index is 11.9. The molecule has 0 bridgehead atoms. The molecule has 1 aliphatic rings. The van der Waals surface area contributed by atoms with Gasteiger partial charge in [-0.3, -0.25) is 5.32 Å². The first-order valence-corrected chi connectivity index (χ1v) is 12.6. The van der Waals surface area contributed by atoms with Crippen molar-refractivity contribution in [1.29, 1.82) is 0 Å². The van der Waals surface area contributed by atoms with Crippen LogP contribution in [0.25, 0.3) is 10.8 Å². The van der Waals surface area contributed by atoms with Crippen LogP contribution in [0, 0.1) is 0 Å².